The van der Waals surface area contributed by atoms with Gasteiger partial charge in [-0.05, 0) is 56.3 Å². The average molecular weight is 275 g/mol. The number of imidazole rings is 1. The fourth-order valence-corrected chi connectivity index (χ4v) is 4.06. The molecule has 2 saturated carbocycles. The van der Waals surface area contributed by atoms with Gasteiger partial charge < -0.3 is 10.3 Å². The molecule has 20 heavy (non-hydrogen) atoms. The molecule has 2 N–H and O–H groups in total. The number of carbonyl (C=O) groups excluding carboxylic acids is 1. The maximum absolute atomic E-state index is 11.8. The number of nitrogens with one attached hydrogen (secondary N) is 2. The van der Waals surface area contributed by atoms with Gasteiger partial charge in [-0.2, -0.15) is 0 Å². The summed E-state index contributed by atoms with van der Waals surface area (Å²) in [6.07, 6.45) is 13.0. The summed E-state index contributed by atoms with van der Waals surface area (Å²) in [6.45, 7) is 0.772. The van der Waals surface area contributed by atoms with Crippen LogP contribution in [0.5, 0.6) is 0 Å². The first-order chi connectivity index (χ1) is 9.81. The Balaban J connectivity index is 1.26. The highest BCUT2D eigenvalue weighted by Gasteiger charge is 2.38. The summed E-state index contributed by atoms with van der Waals surface area (Å²) in [5.74, 6) is 3.00. The van der Waals surface area contributed by atoms with E-state index in [2.05, 4.69) is 15.3 Å². The number of H-pyrrole nitrogens is 1. The standard InChI is InChI=1S/C16H25N3O/c20-16(18-7-1-2-15-10-17-11-19-15)6-5-14-9-12-3-4-13(14)8-12/h10-14H,1-9H2,(H,17,19)(H,18,20)/t12-,13+,14?/m1/s1. The molecule has 3 rings (SSSR count). The van der Waals surface area contributed by atoms with Gasteiger partial charge in [-0.15, -0.1) is 0 Å². The molecule has 2 aliphatic carbocycles. The summed E-state index contributed by atoms with van der Waals surface area (Å²) in [6, 6.07) is 0. The minimum Gasteiger partial charge on any atom is -0.356 e. The van der Waals surface area contributed by atoms with Gasteiger partial charge in [-0.1, -0.05) is 6.42 Å². The minimum absolute atomic E-state index is 0.234. The van der Waals surface area contributed by atoms with Crippen LogP contribution in [0.1, 0.15) is 50.6 Å². The Hall–Kier alpha value is -1.32. The van der Waals surface area contributed by atoms with Crippen LogP contribution in [0.25, 0.3) is 0 Å². The molecule has 0 aromatic carbocycles. The topological polar surface area (TPSA) is 57.8 Å². The maximum Gasteiger partial charge on any atom is 0.220 e. The maximum atomic E-state index is 11.8. The van der Waals surface area contributed by atoms with E-state index in [4.69, 9.17) is 0 Å². The Morgan fingerprint density at radius 1 is 1.40 bits per heavy atom. The zero-order chi connectivity index (χ0) is 13.8. The number of fused-ring (bicyclic) bond motifs is 2. The molecule has 4 nitrogen and oxygen atoms in total. The van der Waals surface area contributed by atoms with Gasteiger partial charge in [0.1, 0.15) is 0 Å². The lowest BCUT2D eigenvalue weighted by Gasteiger charge is -2.21. The van der Waals surface area contributed by atoms with Crippen LogP contribution in [-0.4, -0.2) is 22.4 Å². The van der Waals surface area contributed by atoms with Gasteiger partial charge in [0.15, 0.2) is 0 Å². The van der Waals surface area contributed by atoms with Gasteiger partial charge >= 0.3 is 0 Å². The molecule has 1 aromatic heterocycles. The van der Waals surface area contributed by atoms with Crippen molar-refractivity contribution in [3.63, 3.8) is 0 Å². The molecule has 0 radical (unpaired) electrons. The number of aromatic nitrogens is 2. The van der Waals surface area contributed by atoms with Crippen LogP contribution in [-0.2, 0) is 11.2 Å². The number of carbonyl (C=O) groups is 1. The van der Waals surface area contributed by atoms with E-state index in [1.807, 2.05) is 6.20 Å². The van der Waals surface area contributed by atoms with E-state index in [0.29, 0.717) is 0 Å². The highest BCUT2D eigenvalue weighted by molar-refractivity contribution is 5.75. The lowest BCUT2D eigenvalue weighted by atomic mass is 9.85. The molecule has 110 valence electrons. The van der Waals surface area contributed by atoms with Crippen molar-refractivity contribution in [3.8, 4) is 0 Å². The molecule has 0 aliphatic heterocycles. The van der Waals surface area contributed by atoms with Gasteiger partial charge in [0, 0.05) is 24.9 Å². The molecule has 0 saturated heterocycles. The third-order valence-corrected chi connectivity index (χ3v) is 5.13. The summed E-state index contributed by atoms with van der Waals surface area (Å²) in [7, 11) is 0. The molecular formula is C16H25N3O. The molecule has 1 aromatic rings. The van der Waals surface area contributed by atoms with Crippen molar-refractivity contribution in [1.29, 1.82) is 0 Å². The second-order valence-corrected chi connectivity index (χ2v) is 6.50. The van der Waals surface area contributed by atoms with Crippen LogP contribution in [0.4, 0.5) is 0 Å². The van der Waals surface area contributed by atoms with Crippen molar-refractivity contribution >= 4 is 5.91 Å². The van der Waals surface area contributed by atoms with Crippen LogP contribution in [0.3, 0.4) is 0 Å². The molecule has 1 heterocycles. The van der Waals surface area contributed by atoms with Crippen LogP contribution in [0.2, 0.25) is 0 Å². The van der Waals surface area contributed by atoms with Gasteiger partial charge in [0.05, 0.1) is 6.33 Å². The smallest absolute Gasteiger partial charge is 0.220 e. The lowest BCUT2D eigenvalue weighted by Crippen LogP contribution is -2.25. The largest absolute Gasteiger partial charge is 0.356 e. The second-order valence-electron chi connectivity index (χ2n) is 6.50. The lowest BCUT2D eigenvalue weighted by molar-refractivity contribution is -0.121. The zero-order valence-electron chi connectivity index (χ0n) is 12.1. The Morgan fingerprint density at radius 2 is 2.35 bits per heavy atom. The molecule has 4 heteroatoms. The van der Waals surface area contributed by atoms with E-state index >= 15 is 0 Å². The van der Waals surface area contributed by atoms with E-state index < -0.39 is 0 Å². The minimum atomic E-state index is 0.234. The van der Waals surface area contributed by atoms with E-state index in [1.54, 1.807) is 6.33 Å². The van der Waals surface area contributed by atoms with Crippen molar-refractivity contribution in [3.05, 3.63) is 18.2 Å². The van der Waals surface area contributed by atoms with E-state index in [9.17, 15) is 4.79 Å². The molecular weight excluding hydrogens is 250 g/mol. The molecule has 0 spiro atoms. The van der Waals surface area contributed by atoms with Crippen molar-refractivity contribution in [2.45, 2.75) is 51.4 Å². The average Bonchev–Trinajstić information content (AvgIpc) is 3.18. The van der Waals surface area contributed by atoms with Crippen LogP contribution >= 0.6 is 0 Å². The van der Waals surface area contributed by atoms with E-state index in [0.717, 1.165) is 55.7 Å². The fraction of sp³-hybridized carbons (Fsp3) is 0.750. The summed E-state index contributed by atoms with van der Waals surface area (Å²) in [5.41, 5.74) is 1.14. The van der Waals surface area contributed by atoms with Crippen molar-refractivity contribution in [1.82, 2.24) is 15.3 Å². The van der Waals surface area contributed by atoms with Gasteiger partial charge in [-0.3, -0.25) is 4.79 Å². The second kappa shape index (κ2) is 6.42. The predicted molar refractivity (Wildman–Crippen MR) is 78.1 cm³/mol. The van der Waals surface area contributed by atoms with Crippen molar-refractivity contribution < 1.29 is 4.79 Å². The number of hydrogen-bond donors (Lipinski definition) is 2. The monoisotopic (exact) mass is 275 g/mol. The number of hydrogen-bond acceptors (Lipinski definition) is 2. The number of amides is 1. The van der Waals surface area contributed by atoms with Gasteiger partial charge in [0.2, 0.25) is 5.91 Å². The molecule has 1 amide bonds. The SMILES string of the molecule is O=C(CCC1C[C@@H]2CC[C@H]1C2)NCCCc1cnc[nH]1. The first-order valence-corrected chi connectivity index (χ1v) is 8.05. The van der Waals surface area contributed by atoms with Gasteiger partial charge in [0.25, 0.3) is 0 Å². The Kier molecular flexibility index (Phi) is 4.38. The summed E-state index contributed by atoms with van der Waals surface area (Å²) in [4.78, 5) is 18.9. The Bertz CT molecular complexity index is 429. The highest BCUT2D eigenvalue weighted by atomic mass is 16.1. The summed E-state index contributed by atoms with van der Waals surface area (Å²) >= 11 is 0. The summed E-state index contributed by atoms with van der Waals surface area (Å²) in [5, 5.41) is 3.04. The van der Waals surface area contributed by atoms with Crippen molar-refractivity contribution in [2.75, 3.05) is 6.54 Å². The first-order valence-electron chi connectivity index (χ1n) is 8.05. The van der Waals surface area contributed by atoms with E-state index in [-0.39, 0.29) is 5.91 Å². The van der Waals surface area contributed by atoms with Crippen molar-refractivity contribution in [2.24, 2.45) is 17.8 Å². The number of aryl methyl sites for hydroxylation is 1. The van der Waals surface area contributed by atoms with Crippen LogP contribution < -0.4 is 5.32 Å². The zero-order valence-corrected chi connectivity index (χ0v) is 12.1. The number of rotatable bonds is 7. The quantitative estimate of drug-likeness (QED) is 0.752. The number of nitrogens with zero attached hydrogens (tertiary/aromatic N) is 1. The molecule has 1 unspecified atom stereocenters. The first kappa shape index (κ1) is 13.7. The Labute approximate surface area is 120 Å². The molecule has 3 atom stereocenters. The molecule has 2 fully saturated rings. The van der Waals surface area contributed by atoms with Gasteiger partial charge in [-0.25, -0.2) is 4.98 Å². The van der Waals surface area contributed by atoms with Crippen LogP contribution in [0.15, 0.2) is 12.5 Å². The fourth-order valence-electron chi connectivity index (χ4n) is 4.06. The van der Waals surface area contributed by atoms with E-state index in [1.165, 1.54) is 25.7 Å². The molecule has 2 aliphatic rings. The molecule has 2 bridgehead atoms. The van der Waals surface area contributed by atoms with Crippen LogP contribution in [0, 0.1) is 17.8 Å². The Morgan fingerprint density at radius 3 is 3.05 bits per heavy atom. The third kappa shape index (κ3) is 3.41. The highest BCUT2D eigenvalue weighted by Crippen LogP contribution is 2.49. The third-order valence-electron chi connectivity index (χ3n) is 5.13. The number of aromatic amines is 1. The predicted octanol–water partition coefficient (Wildman–Crippen LogP) is 2.67. The summed E-state index contributed by atoms with van der Waals surface area (Å²) < 4.78 is 0. The normalized spacial score (nSPS) is 27.9.